The summed E-state index contributed by atoms with van der Waals surface area (Å²) in [5.74, 6) is 0.858. The number of fused-ring (bicyclic) bond motifs is 1. The van der Waals surface area contributed by atoms with Crippen LogP contribution in [0.25, 0.3) is 11.3 Å². The summed E-state index contributed by atoms with van der Waals surface area (Å²) in [7, 11) is 1.69. The van der Waals surface area contributed by atoms with Crippen LogP contribution in [0.5, 0.6) is 5.75 Å². The standard InChI is InChI=1S/C15H17N3O/c1-10-3-4-14(19-2)11(7-10)15-12-8-16-6-5-13(12)17-9-18-15/h3-4,7,9,16H,5-6,8H2,1-2H3. The number of hydrogen-bond donors (Lipinski definition) is 1. The molecule has 0 spiro atoms. The van der Waals surface area contributed by atoms with Crippen molar-refractivity contribution < 1.29 is 4.74 Å². The van der Waals surface area contributed by atoms with Crippen molar-refractivity contribution in [2.75, 3.05) is 13.7 Å². The smallest absolute Gasteiger partial charge is 0.128 e. The molecule has 0 unspecified atom stereocenters. The zero-order valence-electron chi connectivity index (χ0n) is 11.2. The summed E-state index contributed by atoms with van der Waals surface area (Å²) < 4.78 is 5.46. The maximum absolute atomic E-state index is 5.46. The van der Waals surface area contributed by atoms with Crippen LogP contribution in [0.15, 0.2) is 24.5 Å². The Morgan fingerprint density at radius 2 is 2.16 bits per heavy atom. The molecule has 0 atom stereocenters. The molecule has 2 aromatic rings. The van der Waals surface area contributed by atoms with E-state index in [1.54, 1.807) is 13.4 Å². The van der Waals surface area contributed by atoms with Crippen molar-refractivity contribution in [1.29, 1.82) is 0 Å². The predicted molar refractivity (Wildman–Crippen MR) is 74.2 cm³/mol. The summed E-state index contributed by atoms with van der Waals surface area (Å²) in [5.41, 5.74) is 5.57. The molecular formula is C15H17N3O. The number of nitrogens with one attached hydrogen (secondary N) is 1. The maximum atomic E-state index is 5.46. The molecule has 1 aliphatic heterocycles. The maximum Gasteiger partial charge on any atom is 0.128 e. The fraction of sp³-hybridized carbons (Fsp3) is 0.333. The molecule has 3 rings (SSSR count). The summed E-state index contributed by atoms with van der Waals surface area (Å²) >= 11 is 0. The normalized spacial score (nSPS) is 14.0. The third kappa shape index (κ3) is 2.19. The van der Waals surface area contributed by atoms with Gasteiger partial charge >= 0.3 is 0 Å². The Morgan fingerprint density at radius 3 is 3.00 bits per heavy atom. The molecule has 2 heterocycles. The van der Waals surface area contributed by atoms with Gasteiger partial charge in [0.25, 0.3) is 0 Å². The first-order valence-corrected chi connectivity index (χ1v) is 6.48. The zero-order valence-corrected chi connectivity index (χ0v) is 11.2. The zero-order chi connectivity index (χ0) is 13.2. The molecule has 0 bridgehead atoms. The average Bonchev–Trinajstić information content (AvgIpc) is 2.46. The van der Waals surface area contributed by atoms with Gasteiger partial charge in [-0.1, -0.05) is 11.6 Å². The van der Waals surface area contributed by atoms with E-state index < -0.39 is 0 Å². The van der Waals surface area contributed by atoms with Crippen LogP contribution in [0, 0.1) is 6.92 Å². The molecule has 0 fully saturated rings. The average molecular weight is 255 g/mol. The van der Waals surface area contributed by atoms with Crippen molar-refractivity contribution in [1.82, 2.24) is 15.3 Å². The van der Waals surface area contributed by atoms with E-state index in [0.29, 0.717) is 0 Å². The molecule has 0 radical (unpaired) electrons. The first kappa shape index (κ1) is 12.1. The Balaban J connectivity index is 2.19. The highest BCUT2D eigenvalue weighted by Gasteiger charge is 2.18. The highest BCUT2D eigenvalue weighted by atomic mass is 16.5. The predicted octanol–water partition coefficient (Wildman–Crippen LogP) is 2.11. The summed E-state index contributed by atoms with van der Waals surface area (Å²) in [6.07, 6.45) is 2.61. The van der Waals surface area contributed by atoms with Crippen molar-refractivity contribution in [2.45, 2.75) is 19.9 Å². The molecule has 19 heavy (non-hydrogen) atoms. The fourth-order valence-electron chi connectivity index (χ4n) is 2.51. The molecule has 1 aromatic carbocycles. The first-order chi connectivity index (χ1) is 9.29. The van der Waals surface area contributed by atoms with Crippen LogP contribution < -0.4 is 10.1 Å². The Kier molecular flexibility index (Phi) is 3.17. The van der Waals surface area contributed by atoms with Gasteiger partial charge in [-0.05, 0) is 19.1 Å². The number of aryl methyl sites for hydroxylation is 1. The lowest BCUT2D eigenvalue weighted by Gasteiger charge is -2.19. The molecule has 1 N–H and O–H groups in total. The van der Waals surface area contributed by atoms with Crippen molar-refractivity contribution >= 4 is 0 Å². The molecule has 4 heteroatoms. The molecule has 0 aliphatic carbocycles. The van der Waals surface area contributed by atoms with E-state index in [4.69, 9.17) is 4.74 Å². The molecule has 1 aromatic heterocycles. The molecular weight excluding hydrogens is 238 g/mol. The Bertz CT molecular complexity index is 610. The minimum absolute atomic E-state index is 0.822. The molecule has 0 saturated carbocycles. The van der Waals surface area contributed by atoms with Gasteiger partial charge in [0.05, 0.1) is 18.5 Å². The summed E-state index contributed by atoms with van der Waals surface area (Å²) in [5, 5.41) is 3.38. The van der Waals surface area contributed by atoms with Crippen LogP contribution in [0.1, 0.15) is 16.8 Å². The van der Waals surface area contributed by atoms with Crippen LogP contribution in [0.2, 0.25) is 0 Å². The Morgan fingerprint density at radius 1 is 1.26 bits per heavy atom. The number of aromatic nitrogens is 2. The van der Waals surface area contributed by atoms with E-state index in [1.807, 2.05) is 12.1 Å². The van der Waals surface area contributed by atoms with Crippen LogP contribution in [0.4, 0.5) is 0 Å². The quantitative estimate of drug-likeness (QED) is 0.892. The third-order valence-electron chi connectivity index (χ3n) is 3.49. The SMILES string of the molecule is COc1ccc(C)cc1-c1ncnc2c1CNCC2. The van der Waals surface area contributed by atoms with E-state index in [2.05, 4.69) is 28.3 Å². The Hall–Kier alpha value is -1.94. The lowest BCUT2D eigenvalue weighted by molar-refractivity contribution is 0.416. The largest absolute Gasteiger partial charge is 0.496 e. The number of benzene rings is 1. The monoisotopic (exact) mass is 255 g/mol. The van der Waals surface area contributed by atoms with Crippen molar-refractivity contribution in [3.05, 3.63) is 41.3 Å². The van der Waals surface area contributed by atoms with E-state index in [0.717, 1.165) is 42.2 Å². The third-order valence-corrected chi connectivity index (χ3v) is 3.49. The van der Waals surface area contributed by atoms with Gasteiger partial charge in [-0.2, -0.15) is 0 Å². The van der Waals surface area contributed by atoms with Crippen molar-refractivity contribution in [3.63, 3.8) is 0 Å². The van der Waals surface area contributed by atoms with Crippen LogP contribution in [-0.4, -0.2) is 23.6 Å². The Labute approximate surface area is 112 Å². The first-order valence-electron chi connectivity index (χ1n) is 6.48. The summed E-state index contributed by atoms with van der Waals surface area (Å²) in [6, 6.07) is 6.17. The summed E-state index contributed by atoms with van der Waals surface area (Å²) in [4.78, 5) is 8.87. The second-order valence-electron chi connectivity index (χ2n) is 4.78. The van der Waals surface area contributed by atoms with Gasteiger partial charge < -0.3 is 10.1 Å². The second kappa shape index (κ2) is 4.97. The molecule has 98 valence electrons. The van der Waals surface area contributed by atoms with Crippen LogP contribution >= 0.6 is 0 Å². The number of hydrogen-bond acceptors (Lipinski definition) is 4. The highest BCUT2D eigenvalue weighted by molar-refractivity contribution is 5.71. The van der Waals surface area contributed by atoms with E-state index in [9.17, 15) is 0 Å². The minimum Gasteiger partial charge on any atom is -0.496 e. The fourth-order valence-corrected chi connectivity index (χ4v) is 2.51. The van der Waals surface area contributed by atoms with Crippen LogP contribution in [0.3, 0.4) is 0 Å². The van der Waals surface area contributed by atoms with Gasteiger partial charge in [0.1, 0.15) is 12.1 Å². The highest BCUT2D eigenvalue weighted by Crippen LogP contribution is 2.33. The van der Waals surface area contributed by atoms with E-state index in [1.165, 1.54) is 11.1 Å². The van der Waals surface area contributed by atoms with Gasteiger partial charge in [-0.3, -0.25) is 0 Å². The minimum atomic E-state index is 0.822. The number of rotatable bonds is 2. The van der Waals surface area contributed by atoms with Gasteiger partial charge in [-0.15, -0.1) is 0 Å². The lowest BCUT2D eigenvalue weighted by atomic mass is 9.99. The van der Waals surface area contributed by atoms with E-state index >= 15 is 0 Å². The van der Waals surface area contributed by atoms with Gasteiger partial charge in [0, 0.05) is 30.6 Å². The van der Waals surface area contributed by atoms with Gasteiger partial charge in [0.2, 0.25) is 0 Å². The number of ether oxygens (including phenoxy) is 1. The number of nitrogens with zero attached hydrogens (tertiary/aromatic N) is 2. The van der Waals surface area contributed by atoms with Crippen molar-refractivity contribution in [2.24, 2.45) is 0 Å². The molecule has 0 amide bonds. The van der Waals surface area contributed by atoms with Crippen molar-refractivity contribution in [3.8, 4) is 17.0 Å². The molecule has 0 saturated heterocycles. The molecule has 1 aliphatic rings. The van der Waals surface area contributed by atoms with E-state index in [-0.39, 0.29) is 0 Å². The second-order valence-corrected chi connectivity index (χ2v) is 4.78. The lowest BCUT2D eigenvalue weighted by Crippen LogP contribution is -2.25. The van der Waals surface area contributed by atoms with Crippen LogP contribution in [-0.2, 0) is 13.0 Å². The number of methoxy groups -OCH3 is 1. The van der Waals surface area contributed by atoms with Gasteiger partial charge in [-0.25, -0.2) is 9.97 Å². The topological polar surface area (TPSA) is 47.0 Å². The van der Waals surface area contributed by atoms with Gasteiger partial charge in [0.15, 0.2) is 0 Å². The summed E-state index contributed by atoms with van der Waals surface area (Å²) in [6.45, 7) is 3.88. The molecule has 4 nitrogen and oxygen atoms in total.